The minimum Gasteiger partial charge on any atom is -0.481 e. The number of hydrogen-bond acceptors (Lipinski definition) is 4. The lowest BCUT2D eigenvalue weighted by Gasteiger charge is -2.35. The molecule has 33 heavy (non-hydrogen) atoms. The van der Waals surface area contributed by atoms with Gasteiger partial charge in [-0.15, -0.1) is 0 Å². The number of carboxylic acids is 1. The zero-order valence-electron chi connectivity index (χ0n) is 17.7. The number of carboxylic acid groups (broad SMARTS) is 1. The highest BCUT2D eigenvalue weighted by atomic mass is 19.2. The molecule has 3 aromatic heterocycles. The molecule has 1 saturated carbocycles. The van der Waals surface area contributed by atoms with Crippen molar-refractivity contribution in [3.8, 4) is 5.69 Å². The van der Waals surface area contributed by atoms with Crippen molar-refractivity contribution in [3.63, 3.8) is 0 Å². The van der Waals surface area contributed by atoms with Crippen LogP contribution in [0, 0.1) is 17.6 Å². The monoisotopic (exact) mass is 452 g/mol. The summed E-state index contributed by atoms with van der Waals surface area (Å²) in [6.45, 7) is 1.23. The number of pyridine rings is 1. The number of fused-ring (bicyclic) bond motifs is 2. The van der Waals surface area contributed by atoms with E-state index in [9.17, 15) is 18.7 Å². The van der Waals surface area contributed by atoms with Crippen LogP contribution in [0.2, 0.25) is 0 Å². The molecular weight excluding hydrogens is 430 g/mol. The van der Waals surface area contributed by atoms with E-state index in [0.717, 1.165) is 46.6 Å². The largest absolute Gasteiger partial charge is 0.481 e. The third-order valence-corrected chi connectivity index (χ3v) is 7.08. The molecule has 1 aromatic carbocycles. The van der Waals surface area contributed by atoms with Gasteiger partial charge in [0.25, 0.3) is 0 Å². The molecule has 0 unspecified atom stereocenters. The Hall–Kier alpha value is -3.33. The van der Waals surface area contributed by atoms with Gasteiger partial charge in [0.05, 0.1) is 23.1 Å². The van der Waals surface area contributed by atoms with Crippen LogP contribution < -0.4 is 0 Å². The van der Waals surface area contributed by atoms with Gasteiger partial charge < -0.3 is 14.4 Å². The summed E-state index contributed by atoms with van der Waals surface area (Å²) in [5.74, 6) is -2.81. The van der Waals surface area contributed by atoms with E-state index in [0.29, 0.717) is 37.4 Å². The van der Waals surface area contributed by atoms with Crippen LogP contribution in [0.15, 0.2) is 30.5 Å². The maximum atomic E-state index is 14.3. The van der Waals surface area contributed by atoms with Crippen LogP contribution in [0.4, 0.5) is 8.78 Å². The topological polar surface area (TPSA) is 93.0 Å². The molecule has 4 aromatic rings. The molecule has 1 saturated heterocycles. The van der Waals surface area contributed by atoms with Crippen molar-refractivity contribution in [1.29, 1.82) is 0 Å². The Morgan fingerprint density at radius 3 is 2.64 bits per heavy atom. The summed E-state index contributed by atoms with van der Waals surface area (Å²) >= 11 is 0. The van der Waals surface area contributed by atoms with Crippen LogP contribution in [0.25, 0.3) is 27.8 Å². The van der Waals surface area contributed by atoms with Gasteiger partial charge in [-0.05, 0) is 49.8 Å². The summed E-state index contributed by atoms with van der Waals surface area (Å²) in [6.07, 6.45) is 4.33. The number of ether oxygens (including phenoxy) is 1. The SMILES string of the molecule is O=C(O)C1CC(c2c(C3CCOCC3)n(-c3ccc(F)c(F)c3)c3cc4cn[nH]c4nc23)C1. The number of carbonyl (C=O) groups is 1. The van der Waals surface area contributed by atoms with Crippen LogP contribution in [-0.4, -0.2) is 44.0 Å². The number of nitrogens with one attached hydrogen (secondary N) is 1. The van der Waals surface area contributed by atoms with Crippen LogP contribution in [0.5, 0.6) is 0 Å². The first-order valence-electron chi connectivity index (χ1n) is 11.2. The average Bonchev–Trinajstić information content (AvgIpc) is 3.36. The van der Waals surface area contributed by atoms with Crippen molar-refractivity contribution in [2.24, 2.45) is 5.92 Å². The summed E-state index contributed by atoms with van der Waals surface area (Å²) in [7, 11) is 0. The molecule has 0 spiro atoms. The number of H-pyrrole nitrogens is 1. The maximum absolute atomic E-state index is 14.3. The van der Waals surface area contributed by atoms with E-state index in [1.165, 1.54) is 6.07 Å². The first-order chi connectivity index (χ1) is 16.0. The minimum absolute atomic E-state index is 0.0332. The van der Waals surface area contributed by atoms with Crippen molar-refractivity contribution < 1.29 is 23.4 Å². The number of rotatable bonds is 4. The molecule has 2 fully saturated rings. The van der Waals surface area contributed by atoms with Gasteiger partial charge in [0.15, 0.2) is 17.3 Å². The fraction of sp³-hybridized carbons (Fsp3) is 0.375. The van der Waals surface area contributed by atoms with Gasteiger partial charge in [0.1, 0.15) is 0 Å². The number of aromatic amines is 1. The molecule has 2 aliphatic rings. The molecule has 9 heteroatoms. The summed E-state index contributed by atoms with van der Waals surface area (Å²) < 4.78 is 35.7. The van der Waals surface area contributed by atoms with Gasteiger partial charge in [-0.25, -0.2) is 13.8 Å². The lowest BCUT2D eigenvalue weighted by molar-refractivity contribution is -0.145. The zero-order chi connectivity index (χ0) is 22.7. The van der Waals surface area contributed by atoms with Crippen LogP contribution >= 0.6 is 0 Å². The molecule has 1 aliphatic heterocycles. The van der Waals surface area contributed by atoms with Gasteiger partial charge >= 0.3 is 5.97 Å². The number of halogens is 2. The van der Waals surface area contributed by atoms with E-state index in [4.69, 9.17) is 9.72 Å². The van der Waals surface area contributed by atoms with Gasteiger partial charge in [-0.2, -0.15) is 5.10 Å². The number of aromatic nitrogens is 4. The lowest BCUT2D eigenvalue weighted by atomic mass is 9.70. The molecule has 7 nitrogen and oxygen atoms in total. The minimum atomic E-state index is -0.916. The first kappa shape index (κ1) is 20.3. The second kappa shape index (κ2) is 7.62. The van der Waals surface area contributed by atoms with E-state index < -0.39 is 17.6 Å². The number of benzene rings is 1. The third-order valence-electron chi connectivity index (χ3n) is 7.08. The maximum Gasteiger partial charge on any atom is 0.306 e. The molecule has 0 radical (unpaired) electrons. The standard InChI is InChI=1S/C24H22F2N4O3/c25-17-2-1-16(10-18(17)26)30-19-9-15-11-27-29-23(15)28-21(19)20(13-7-14(8-13)24(31)32)22(30)12-3-5-33-6-4-12/h1-2,9-14H,3-8H2,(H,31,32)(H,27,28,29). The third kappa shape index (κ3) is 3.21. The highest BCUT2D eigenvalue weighted by Crippen LogP contribution is 2.49. The lowest BCUT2D eigenvalue weighted by Crippen LogP contribution is -2.30. The van der Waals surface area contributed by atoms with E-state index in [2.05, 4.69) is 10.2 Å². The van der Waals surface area contributed by atoms with Crippen LogP contribution in [0.3, 0.4) is 0 Å². The van der Waals surface area contributed by atoms with Crippen molar-refractivity contribution >= 4 is 28.0 Å². The summed E-state index contributed by atoms with van der Waals surface area (Å²) in [5, 5.41) is 17.3. The Morgan fingerprint density at radius 2 is 1.91 bits per heavy atom. The zero-order valence-corrected chi connectivity index (χ0v) is 17.7. The molecule has 1 aliphatic carbocycles. The van der Waals surface area contributed by atoms with Crippen molar-refractivity contribution in [1.82, 2.24) is 19.7 Å². The van der Waals surface area contributed by atoms with Gasteiger partial charge in [-0.1, -0.05) is 0 Å². The fourth-order valence-electron chi connectivity index (χ4n) is 5.34. The van der Waals surface area contributed by atoms with Crippen molar-refractivity contribution in [3.05, 3.63) is 53.4 Å². The molecule has 0 amide bonds. The predicted octanol–water partition coefficient (Wildman–Crippen LogP) is 4.65. The Labute approximate surface area is 187 Å². The Kier molecular flexibility index (Phi) is 4.69. The van der Waals surface area contributed by atoms with Gasteiger partial charge in [-0.3, -0.25) is 9.89 Å². The fourth-order valence-corrected chi connectivity index (χ4v) is 5.34. The normalized spacial score (nSPS) is 21.5. The van der Waals surface area contributed by atoms with Crippen LogP contribution in [0.1, 0.15) is 48.8 Å². The Morgan fingerprint density at radius 1 is 1.12 bits per heavy atom. The second-order valence-corrected chi connectivity index (χ2v) is 8.99. The van der Waals surface area contributed by atoms with E-state index in [1.807, 2.05) is 10.6 Å². The quantitative estimate of drug-likeness (QED) is 0.470. The first-order valence-corrected chi connectivity index (χ1v) is 11.2. The molecular formula is C24H22F2N4O3. The van der Waals surface area contributed by atoms with E-state index in [1.54, 1.807) is 12.3 Å². The molecule has 170 valence electrons. The highest BCUT2D eigenvalue weighted by Gasteiger charge is 2.41. The van der Waals surface area contributed by atoms with Gasteiger partial charge in [0.2, 0.25) is 0 Å². The highest BCUT2D eigenvalue weighted by molar-refractivity contribution is 5.94. The van der Waals surface area contributed by atoms with Crippen molar-refractivity contribution in [2.75, 3.05) is 13.2 Å². The Bertz CT molecular complexity index is 1380. The molecule has 2 N–H and O–H groups in total. The molecule has 0 bridgehead atoms. The summed E-state index contributed by atoms with van der Waals surface area (Å²) in [6, 6.07) is 5.88. The second-order valence-electron chi connectivity index (χ2n) is 8.99. The Balaban J connectivity index is 1.65. The number of hydrogen-bond donors (Lipinski definition) is 2. The molecule has 4 heterocycles. The smallest absolute Gasteiger partial charge is 0.306 e. The molecule has 0 atom stereocenters. The van der Waals surface area contributed by atoms with E-state index in [-0.39, 0.29) is 17.8 Å². The molecule has 6 rings (SSSR count). The van der Waals surface area contributed by atoms with E-state index >= 15 is 0 Å². The summed E-state index contributed by atoms with van der Waals surface area (Å²) in [5.41, 5.74) is 4.71. The van der Waals surface area contributed by atoms with Crippen LogP contribution in [-0.2, 0) is 9.53 Å². The predicted molar refractivity (Wildman–Crippen MR) is 117 cm³/mol. The average molecular weight is 452 g/mol. The number of nitrogens with zero attached hydrogens (tertiary/aromatic N) is 3. The summed E-state index contributed by atoms with van der Waals surface area (Å²) in [4.78, 5) is 16.4. The van der Waals surface area contributed by atoms with Crippen molar-refractivity contribution in [2.45, 2.75) is 37.5 Å². The number of aliphatic carboxylic acids is 1. The van der Waals surface area contributed by atoms with Gasteiger partial charge in [0, 0.05) is 47.5 Å².